The van der Waals surface area contributed by atoms with E-state index in [1.54, 1.807) is 0 Å². The first-order valence-corrected chi connectivity index (χ1v) is 3.84. The van der Waals surface area contributed by atoms with E-state index >= 15 is 0 Å². The lowest BCUT2D eigenvalue weighted by Gasteiger charge is -2.08. The second kappa shape index (κ2) is 3.34. The maximum absolute atomic E-state index is 10.9. The molecule has 1 saturated heterocycles. The summed E-state index contributed by atoms with van der Waals surface area (Å²) in [6.07, 6.45) is 0.774. The summed E-state index contributed by atoms with van der Waals surface area (Å²) in [4.78, 5) is 10.9. The second-order valence-electron chi connectivity index (χ2n) is 2.37. The molecule has 1 aliphatic heterocycles. The Balaban J connectivity index is 2.46. The third kappa shape index (κ3) is 1.49. The molecule has 10 heavy (non-hydrogen) atoms. The Bertz CT molecular complexity index is 137. The molecule has 0 amide bonds. The summed E-state index contributed by atoms with van der Waals surface area (Å²) in [5.41, 5.74) is 0. The van der Waals surface area contributed by atoms with Crippen LogP contribution in [-0.2, 0) is 13.4 Å². The molecule has 1 fully saturated rings. The van der Waals surface area contributed by atoms with Crippen molar-refractivity contribution >= 4 is 22.2 Å². The quantitative estimate of drug-likeness (QED) is 0.652. The molecule has 58 valence electrons. The van der Waals surface area contributed by atoms with Gasteiger partial charge in [-0.15, -0.1) is 0 Å². The zero-order valence-electron chi connectivity index (χ0n) is 5.67. The third-order valence-electron chi connectivity index (χ3n) is 1.76. The van der Waals surface area contributed by atoms with E-state index in [9.17, 15) is 4.79 Å². The first kappa shape index (κ1) is 8.01. The van der Waals surface area contributed by atoms with Gasteiger partial charge >= 0.3 is 5.97 Å². The molecule has 2 unspecified atom stereocenters. The molecule has 0 spiro atoms. The van der Waals surface area contributed by atoms with Crippen molar-refractivity contribution in [1.82, 2.24) is 0 Å². The van der Waals surface area contributed by atoms with Crippen molar-refractivity contribution in [3.8, 4) is 0 Å². The number of halogens is 1. The summed E-state index contributed by atoms with van der Waals surface area (Å²) in [6.45, 7) is 2.54. The van der Waals surface area contributed by atoms with Gasteiger partial charge in [0.1, 0.15) is 0 Å². The fourth-order valence-electron chi connectivity index (χ4n) is 1.10. The second-order valence-corrected chi connectivity index (χ2v) is 2.69. The van der Waals surface area contributed by atoms with Gasteiger partial charge in [0.25, 0.3) is 0 Å². The van der Waals surface area contributed by atoms with E-state index < -0.39 is 0 Å². The van der Waals surface area contributed by atoms with Crippen LogP contribution in [0.2, 0.25) is 0 Å². The average Bonchev–Trinajstić information content (AvgIpc) is 2.34. The topological polar surface area (TPSA) is 35.5 Å². The van der Waals surface area contributed by atoms with Gasteiger partial charge in [0.2, 0.25) is 0 Å². The first-order chi connectivity index (χ1) is 4.75. The van der Waals surface area contributed by atoms with Gasteiger partial charge in [-0.2, -0.15) is 0 Å². The number of ether oxygens (including phenoxy) is 1. The smallest absolute Gasteiger partial charge is 0.323 e. The number of rotatable bonds is 1. The molecule has 0 aromatic rings. The van der Waals surface area contributed by atoms with Gasteiger partial charge in [-0.1, -0.05) is 0 Å². The molecule has 3 nitrogen and oxygen atoms in total. The molecular formula is C6H9BrO3. The normalized spacial score (nSPS) is 32.2. The summed E-state index contributed by atoms with van der Waals surface area (Å²) in [6, 6.07) is 0. The minimum atomic E-state index is -0.231. The van der Waals surface area contributed by atoms with Crippen LogP contribution in [0.5, 0.6) is 0 Å². The molecule has 0 aromatic heterocycles. The first-order valence-electron chi connectivity index (χ1n) is 3.19. The molecular weight excluding hydrogens is 200 g/mol. The molecule has 1 heterocycles. The van der Waals surface area contributed by atoms with Gasteiger partial charge in [0.05, 0.1) is 12.0 Å². The summed E-state index contributed by atoms with van der Waals surface area (Å²) in [7, 11) is 0. The molecule has 0 bridgehead atoms. The predicted molar refractivity (Wildman–Crippen MR) is 38.5 cm³/mol. The lowest BCUT2D eigenvalue weighted by Crippen LogP contribution is -2.21. The lowest BCUT2D eigenvalue weighted by molar-refractivity contribution is -0.138. The molecule has 2 atom stereocenters. The number of carbonyl (C=O) groups is 1. The minimum absolute atomic E-state index is 0.00468. The van der Waals surface area contributed by atoms with Crippen molar-refractivity contribution < 1.29 is 13.4 Å². The molecule has 0 aliphatic carbocycles. The van der Waals surface area contributed by atoms with Crippen LogP contribution in [0.15, 0.2) is 0 Å². The fraction of sp³-hybridized carbons (Fsp3) is 0.833. The molecule has 0 radical (unpaired) electrons. The Hall–Kier alpha value is -0.0900. The SMILES string of the molecule is CC1OCCC1C(=O)OBr. The maximum atomic E-state index is 10.9. The van der Waals surface area contributed by atoms with Crippen molar-refractivity contribution in [2.24, 2.45) is 5.92 Å². The van der Waals surface area contributed by atoms with Crippen LogP contribution in [0, 0.1) is 5.92 Å². The van der Waals surface area contributed by atoms with Crippen molar-refractivity contribution in [1.29, 1.82) is 0 Å². The van der Waals surface area contributed by atoms with Gasteiger partial charge in [-0.05, 0) is 13.3 Å². The van der Waals surface area contributed by atoms with Crippen molar-refractivity contribution in [2.75, 3.05) is 6.61 Å². The van der Waals surface area contributed by atoms with E-state index in [2.05, 4.69) is 20.1 Å². The maximum Gasteiger partial charge on any atom is 0.323 e. The average molecular weight is 209 g/mol. The molecule has 4 heteroatoms. The molecule has 1 aliphatic rings. The van der Waals surface area contributed by atoms with Gasteiger partial charge < -0.3 is 8.57 Å². The van der Waals surface area contributed by atoms with Gasteiger partial charge in [0.15, 0.2) is 16.3 Å². The van der Waals surface area contributed by atoms with Crippen LogP contribution in [0.1, 0.15) is 13.3 Å². The zero-order chi connectivity index (χ0) is 7.56. The summed E-state index contributed by atoms with van der Waals surface area (Å²) >= 11 is 2.65. The third-order valence-corrected chi connectivity index (χ3v) is 2.07. The minimum Gasteiger partial charge on any atom is -0.383 e. The van der Waals surface area contributed by atoms with Crippen LogP contribution in [0.3, 0.4) is 0 Å². The lowest BCUT2D eigenvalue weighted by atomic mass is 10.0. The summed E-state index contributed by atoms with van der Waals surface area (Å²) in [5, 5.41) is 0. The Labute approximate surface area is 68.1 Å². The van der Waals surface area contributed by atoms with Crippen molar-refractivity contribution in [3.05, 3.63) is 0 Å². The summed E-state index contributed by atoms with van der Waals surface area (Å²) in [5.74, 6) is -0.315. The summed E-state index contributed by atoms with van der Waals surface area (Å²) < 4.78 is 9.56. The highest BCUT2D eigenvalue weighted by Gasteiger charge is 2.31. The van der Waals surface area contributed by atoms with Crippen LogP contribution in [0.25, 0.3) is 0 Å². The van der Waals surface area contributed by atoms with Crippen LogP contribution in [0.4, 0.5) is 0 Å². The van der Waals surface area contributed by atoms with Crippen LogP contribution < -0.4 is 0 Å². The highest BCUT2D eigenvalue weighted by atomic mass is 79.9. The van der Waals surface area contributed by atoms with Gasteiger partial charge in [0, 0.05) is 6.61 Å². The van der Waals surface area contributed by atoms with E-state index in [-0.39, 0.29) is 18.0 Å². The van der Waals surface area contributed by atoms with Crippen molar-refractivity contribution in [3.63, 3.8) is 0 Å². The highest BCUT2D eigenvalue weighted by Crippen LogP contribution is 2.22. The van der Waals surface area contributed by atoms with E-state index in [4.69, 9.17) is 4.74 Å². The largest absolute Gasteiger partial charge is 0.383 e. The standard InChI is InChI=1S/C6H9BrO3/c1-4-5(2-3-9-4)6(8)10-7/h4-5H,2-3H2,1H3. The number of hydrogen-bond acceptors (Lipinski definition) is 3. The highest BCUT2D eigenvalue weighted by molar-refractivity contribution is 9.06. The Kier molecular flexibility index (Phi) is 2.68. The van der Waals surface area contributed by atoms with E-state index in [0.29, 0.717) is 6.61 Å². The van der Waals surface area contributed by atoms with Crippen molar-refractivity contribution in [2.45, 2.75) is 19.4 Å². The number of hydrogen-bond donors (Lipinski definition) is 0. The Morgan fingerprint density at radius 1 is 1.80 bits per heavy atom. The van der Waals surface area contributed by atoms with Gasteiger partial charge in [-0.3, -0.25) is 4.79 Å². The predicted octanol–water partition coefficient (Wildman–Crippen LogP) is 1.26. The molecule has 0 aromatic carbocycles. The Morgan fingerprint density at radius 2 is 2.50 bits per heavy atom. The molecule has 0 N–H and O–H groups in total. The zero-order valence-corrected chi connectivity index (χ0v) is 7.26. The number of carbonyl (C=O) groups excluding carboxylic acids is 1. The van der Waals surface area contributed by atoms with Crippen LogP contribution in [-0.4, -0.2) is 18.7 Å². The molecule has 1 rings (SSSR count). The van der Waals surface area contributed by atoms with E-state index in [1.165, 1.54) is 0 Å². The van der Waals surface area contributed by atoms with Crippen LogP contribution >= 0.6 is 16.3 Å². The monoisotopic (exact) mass is 208 g/mol. The molecule has 0 saturated carbocycles. The van der Waals surface area contributed by atoms with E-state index in [0.717, 1.165) is 6.42 Å². The Morgan fingerprint density at radius 3 is 2.90 bits per heavy atom. The van der Waals surface area contributed by atoms with E-state index in [1.807, 2.05) is 6.92 Å². The van der Waals surface area contributed by atoms with Gasteiger partial charge in [-0.25, -0.2) is 0 Å². The fourth-order valence-corrected chi connectivity index (χ4v) is 1.34.